The van der Waals surface area contributed by atoms with E-state index in [4.69, 9.17) is 0 Å². The molecule has 1 aliphatic carbocycles. The van der Waals surface area contributed by atoms with Gasteiger partial charge in [0.1, 0.15) is 10.8 Å². The summed E-state index contributed by atoms with van der Waals surface area (Å²) in [4.78, 5) is 4.68. The molecule has 0 radical (unpaired) electrons. The van der Waals surface area contributed by atoms with Crippen LogP contribution in [0.1, 0.15) is 57.3 Å². The largest absolute Gasteiger partial charge is 0.313 e. The van der Waals surface area contributed by atoms with Crippen molar-refractivity contribution < 1.29 is 0 Å². The van der Waals surface area contributed by atoms with Gasteiger partial charge in [-0.3, -0.25) is 0 Å². The Morgan fingerprint density at radius 2 is 2.12 bits per heavy atom. The molecule has 1 aromatic heterocycles. The zero-order valence-corrected chi connectivity index (χ0v) is 12.1. The molecule has 1 aliphatic rings. The maximum Gasteiger partial charge on any atom is 0.145 e. The van der Waals surface area contributed by atoms with Crippen LogP contribution in [0.2, 0.25) is 0 Å². The molecular weight excluding hydrogens is 230 g/mol. The zero-order valence-electron chi connectivity index (χ0n) is 11.3. The van der Waals surface area contributed by atoms with E-state index in [-0.39, 0.29) is 5.41 Å². The molecule has 96 valence electrons. The van der Waals surface area contributed by atoms with Gasteiger partial charge < -0.3 is 5.32 Å². The molecule has 17 heavy (non-hydrogen) atoms. The van der Waals surface area contributed by atoms with Crippen molar-refractivity contribution in [2.45, 2.75) is 58.9 Å². The lowest BCUT2D eigenvalue weighted by Crippen LogP contribution is -2.41. The van der Waals surface area contributed by atoms with Crippen molar-refractivity contribution in [1.82, 2.24) is 14.7 Å². The average Bonchev–Trinajstić information content (AvgIpc) is 2.98. The maximum absolute atomic E-state index is 4.68. The first-order valence-corrected chi connectivity index (χ1v) is 7.34. The minimum absolute atomic E-state index is 0.265. The zero-order chi connectivity index (χ0) is 12.5. The lowest BCUT2D eigenvalue weighted by Gasteiger charge is -2.30. The van der Waals surface area contributed by atoms with Gasteiger partial charge in [0, 0.05) is 18.4 Å². The van der Waals surface area contributed by atoms with Crippen LogP contribution in [0.15, 0.2) is 0 Å². The number of likely N-dealkylation sites (N-methyl/N-ethyl adjacent to an activating group) is 1. The Bertz CT molecular complexity index is 363. The lowest BCUT2D eigenvalue weighted by atomic mass is 9.85. The molecule has 0 spiro atoms. The van der Waals surface area contributed by atoms with Crippen molar-refractivity contribution in [2.24, 2.45) is 5.41 Å². The molecule has 1 fully saturated rings. The first-order chi connectivity index (χ1) is 8.00. The topological polar surface area (TPSA) is 37.8 Å². The Morgan fingerprint density at radius 3 is 2.65 bits per heavy atom. The third-order valence-electron chi connectivity index (χ3n) is 3.30. The lowest BCUT2D eigenvalue weighted by molar-refractivity contribution is 0.270. The SMILES string of the molecule is CCNC(Cc1nc(C2CC2)ns1)C(C)(C)C. The van der Waals surface area contributed by atoms with Crippen LogP contribution < -0.4 is 5.32 Å². The van der Waals surface area contributed by atoms with E-state index in [2.05, 4.69) is 42.4 Å². The molecular formula is C13H23N3S. The van der Waals surface area contributed by atoms with Crippen LogP contribution in [0.3, 0.4) is 0 Å². The van der Waals surface area contributed by atoms with Gasteiger partial charge in [-0.1, -0.05) is 27.7 Å². The highest BCUT2D eigenvalue weighted by Crippen LogP contribution is 2.38. The molecule has 1 saturated carbocycles. The summed E-state index contributed by atoms with van der Waals surface area (Å²) in [6.07, 6.45) is 3.57. The number of nitrogens with zero attached hydrogens (tertiary/aromatic N) is 2. The quantitative estimate of drug-likeness (QED) is 0.876. The molecule has 1 heterocycles. The van der Waals surface area contributed by atoms with Gasteiger partial charge >= 0.3 is 0 Å². The summed E-state index contributed by atoms with van der Waals surface area (Å²) in [5.41, 5.74) is 0.265. The summed E-state index contributed by atoms with van der Waals surface area (Å²) in [6.45, 7) is 10.0. The summed E-state index contributed by atoms with van der Waals surface area (Å²) in [7, 11) is 0. The Balaban J connectivity index is 2.00. The third-order valence-corrected chi connectivity index (χ3v) is 4.05. The molecule has 1 aromatic rings. The number of hydrogen-bond acceptors (Lipinski definition) is 4. The predicted molar refractivity (Wildman–Crippen MR) is 72.5 cm³/mol. The molecule has 0 aliphatic heterocycles. The minimum Gasteiger partial charge on any atom is -0.313 e. The van der Waals surface area contributed by atoms with Crippen LogP contribution in [0.4, 0.5) is 0 Å². The van der Waals surface area contributed by atoms with Crippen LogP contribution >= 0.6 is 11.5 Å². The smallest absolute Gasteiger partial charge is 0.145 e. The molecule has 1 unspecified atom stereocenters. The number of aromatic nitrogens is 2. The van der Waals surface area contributed by atoms with Gasteiger partial charge in [-0.15, -0.1) is 0 Å². The average molecular weight is 253 g/mol. The Labute approximate surface area is 108 Å². The van der Waals surface area contributed by atoms with Gasteiger partial charge in [0.15, 0.2) is 0 Å². The van der Waals surface area contributed by atoms with Gasteiger partial charge in [-0.25, -0.2) is 4.98 Å². The fourth-order valence-corrected chi connectivity index (χ4v) is 2.73. The monoisotopic (exact) mass is 253 g/mol. The Kier molecular flexibility index (Phi) is 3.83. The highest BCUT2D eigenvalue weighted by Gasteiger charge is 2.29. The van der Waals surface area contributed by atoms with Crippen LogP contribution in [0.25, 0.3) is 0 Å². The van der Waals surface area contributed by atoms with E-state index in [1.54, 1.807) is 11.5 Å². The second kappa shape index (κ2) is 5.02. The van der Waals surface area contributed by atoms with E-state index >= 15 is 0 Å². The molecule has 3 nitrogen and oxygen atoms in total. The van der Waals surface area contributed by atoms with Crippen molar-refractivity contribution >= 4 is 11.5 Å². The summed E-state index contributed by atoms with van der Waals surface area (Å²) >= 11 is 1.59. The van der Waals surface area contributed by atoms with Gasteiger partial charge in [-0.2, -0.15) is 4.37 Å². The van der Waals surface area contributed by atoms with Crippen molar-refractivity contribution in [1.29, 1.82) is 0 Å². The van der Waals surface area contributed by atoms with Crippen molar-refractivity contribution in [3.8, 4) is 0 Å². The highest BCUT2D eigenvalue weighted by molar-refractivity contribution is 7.05. The number of rotatable bonds is 5. The summed E-state index contributed by atoms with van der Waals surface area (Å²) in [6, 6.07) is 0.479. The first-order valence-electron chi connectivity index (χ1n) is 6.56. The van der Waals surface area contributed by atoms with E-state index in [0.717, 1.165) is 18.8 Å². The van der Waals surface area contributed by atoms with E-state index in [9.17, 15) is 0 Å². The van der Waals surface area contributed by atoms with Crippen molar-refractivity contribution in [2.75, 3.05) is 6.54 Å². The van der Waals surface area contributed by atoms with Gasteiger partial charge in [0.05, 0.1) is 0 Å². The number of hydrogen-bond donors (Lipinski definition) is 1. The molecule has 0 saturated heterocycles. The molecule has 1 atom stereocenters. The van der Waals surface area contributed by atoms with Gasteiger partial charge in [-0.05, 0) is 36.3 Å². The fourth-order valence-electron chi connectivity index (χ4n) is 1.96. The maximum atomic E-state index is 4.68. The van der Waals surface area contributed by atoms with E-state index < -0.39 is 0 Å². The standard InChI is InChI=1S/C13H23N3S/c1-5-14-10(13(2,3)4)8-11-15-12(16-17-11)9-6-7-9/h9-10,14H,5-8H2,1-4H3. The van der Waals surface area contributed by atoms with E-state index in [1.165, 1.54) is 17.8 Å². The van der Waals surface area contributed by atoms with Crippen molar-refractivity contribution in [3.63, 3.8) is 0 Å². The summed E-state index contributed by atoms with van der Waals surface area (Å²) < 4.78 is 4.48. The Hall–Kier alpha value is -0.480. The minimum atomic E-state index is 0.265. The predicted octanol–water partition coefficient (Wildman–Crippen LogP) is 2.98. The van der Waals surface area contributed by atoms with Crippen LogP contribution in [0.5, 0.6) is 0 Å². The third kappa shape index (κ3) is 3.49. The molecule has 0 amide bonds. The normalized spacial score (nSPS) is 18.4. The number of nitrogens with one attached hydrogen (secondary N) is 1. The van der Waals surface area contributed by atoms with Crippen LogP contribution in [0, 0.1) is 5.41 Å². The summed E-state index contributed by atoms with van der Waals surface area (Å²) in [5.74, 6) is 1.77. The van der Waals surface area contributed by atoms with Crippen molar-refractivity contribution in [3.05, 3.63) is 10.8 Å². The van der Waals surface area contributed by atoms with Gasteiger partial charge in [0.25, 0.3) is 0 Å². The molecule has 1 N–H and O–H groups in total. The van der Waals surface area contributed by atoms with E-state index in [0.29, 0.717) is 12.0 Å². The van der Waals surface area contributed by atoms with Gasteiger partial charge in [0.2, 0.25) is 0 Å². The highest BCUT2D eigenvalue weighted by atomic mass is 32.1. The second-order valence-corrected chi connectivity index (χ2v) is 6.84. The molecule has 2 rings (SSSR count). The second-order valence-electron chi connectivity index (χ2n) is 6.00. The van der Waals surface area contributed by atoms with E-state index in [1.807, 2.05) is 0 Å². The fraction of sp³-hybridized carbons (Fsp3) is 0.846. The molecule has 0 bridgehead atoms. The first kappa shape index (κ1) is 13.0. The molecule has 0 aromatic carbocycles. The Morgan fingerprint density at radius 1 is 1.41 bits per heavy atom. The molecule has 4 heteroatoms. The van der Waals surface area contributed by atoms with Crippen LogP contribution in [-0.4, -0.2) is 21.9 Å². The van der Waals surface area contributed by atoms with Crippen LogP contribution in [-0.2, 0) is 6.42 Å². The summed E-state index contributed by atoms with van der Waals surface area (Å²) in [5, 5.41) is 4.75.